The summed E-state index contributed by atoms with van der Waals surface area (Å²) >= 11 is 0. The second-order valence-corrected chi connectivity index (χ2v) is 4.91. The van der Waals surface area contributed by atoms with E-state index in [-0.39, 0.29) is 0 Å². The van der Waals surface area contributed by atoms with Gasteiger partial charge in [0.2, 0.25) is 0 Å². The van der Waals surface area contributed by atoms with Gasteiger partial charge in [0.05, 0.1) is 0 Å². The molecule has 0 radical (unpaired) electrons. The van der Waals surface area contributed by atoms with Gasteiger partial charge in [-0.3, -0.25) is 0 Å². The van der Waals surface area contributed by atoms with Gasteiger partial charge in [-0.15, -0.1) is 0 Å². The minimum Gasteiger partial charge on any atom is -0.361 e. The summed E-state index contributed by atoms with van der Waals surface area (Å²) in [7, 11) is 0. The maximum Gasteiger partial charge on any atom is 0.0475 e. The average Bonchev–Trinajstić information content (AvgIpc) is 2.73. The van der Waals surface area contributed by atoms with Crippen LogP contribution in [0.5, 0.6) is 0 Å². The highest BCUT2D eigenvalue weighted by atomic mass is 14.9. The molecule has 1 fully saturated rings. The molecule has 0 bridgehead atoms. The van der Waals surface area contributed by atoms with Crippen LogP contribution in [0, 0.1) is 0 Å². The fourth-order valence-corrected chi connectivity index (χ4v) is 3.30. The Hall–Kier alpha value is -1.28. The Labute approximate surface area is 96.5 Å². The van der Waals surface area contributed by atoms with Gasteiger partial charge < -0.3 is 10.3 Å². The van der Waals surface area contributed by atoms with Crippen LogP contribution in [0.3, 0.4) is 0 Å². The maximum atomic E-state index is 8.69. The van der Waals surface area contributed by atoms with E-state index in [0.29, 0.717) is 5.92 Å². The van der Waals surface area contributed by atoms with E-state index in [1.807, 2.05) is 0 Å². The van der Waals surface area contributed by atoms with Crippen molar-refractivity contribution < 1.29 is 1.37 Å². The minimum atomic E-state index is -0.484. The molecule has 0 amide bonds. The van der Waals surface area contributed by atoms with Crippen molar-refractivity contribution in [1.82, 2.24) is 10.3 Å². The molecular weight excluding hydrogens is 196 g/mol. The molecule has 0 unspecified atom stereocenters. The molecule has 2 aliphatic rings. The third-order valence-electron chi connectivity index (χ3n) is 4.02. The van der Waals surface area contributed by atoms with Crippen LogP contribution in [0.15, 0.2) is 24.4 Å². The van der Waals surface area contributed by atoms with E-state index < -0.39 is 6.02 Å². The number of nitrogens with one attached hydrogen (secondary N) is 2. The summed E-state index contributed by atoms with van der Waals surface area (Å²) < 4.78 is 8.69. The second-order valence-electron chi connectivity index (χ2n) is 4.91. The lowest BCUT2D eigenvalue weighted by molar-refractivity contribution is 0.345. The first-order valence-corrected chi connectivity index (χ1v) is 6.12. The Bertz CT molecular complexity index is 589. The van der Waals surface area contributed by atoms with Crippen molar-refractivity contribution in [2.75, 3.05) is 6.54 Å². The maximum absolute atomic E-state index is 8.69. The number of H-pyrrole nitrogens is 1. The van der Waals surface area contributed by atoms with Crippen LogP contribution < -0.4 is 5.32 Å². The number of piperidine rings is 1. The first kappa shape index (κ1) is 7.91. The Balaban J connectivity index is 2.01. The van der Waals surface area contributed by atoms with Crippen LogP contribution in [0.1, 0.15) is 31.3 Å². The van der Waals surface area contributed by atoms with Crippen molar-refractivity contribution in [1.29, 1.82) is 0 Å². The lowest BCUT2D eigenvalue weighted by Gasteiger charge is -2.36. The Morgan fingerprint density at radius 3 is 3.38 bits per heavy atom. The van der Waals surface area contributed by atoms with Gasteiger partial charge in [0.1, 0.15) is 0 Å². The van der Waals surface area contributed by atoms with E-state index >= 15 is 0 Å². The predicted octanol–water partition coefficient (Wildman–Crippen LogP) is 2.56. The zero-order valence-corrected chi connectivity index (χ0v) is 9.22. The van der Waals surface area contributed by atoms with Crippen LogP contribution in [0.25, 0.3) is 10.9 Å². The number of aromatic amines is 1. The van der Waals surface area contributed by atoms with Crippen LogP contribution in [0.2, 0.25) is 0 Å². The molecule has 2 N–H and O–H groups in total. The van der Waals surface area contributed by atoms with E-state index in [0.717, 1.165) is 19.4 Å². The Morgan fingerprint density at radius 2 is 2.38 bits per heavy atom. The van der Waals surface area contributed by atoms with E-state index in [1.54, 1.807) is 0 Å². The second kappa shape index (κ2) is 3.11. The van der Waals surface area contributed by atoms with Crippen molar-refractivity contribution in [2.24, 2.45) is 0 Å². The molecule has 2 atom stereocenters. The van der Waals surface area contributed by atoms with Crippen molar-refractivity contribution in [3.63, 3.8) is 0 Å². The molecule has 16 heavy (non-hydrogen) atoms. The molecule has 1 aromatic heterocycles. The third-order valence-corrected chi connectivity index (χ3v) is 4.02. The molecule has 0 spiro atoms. The first-order chi connectivity index (χ1) is 8.28. The van der Waals surface area contributed by atoms with Gasteiger partial charge in [-0.05, 0) is 43.0 Å². The zero-order chi connectivity index (χ0) is 11.5. The Kier molecular flexibility index (Phi) is 1.54. The summed E-state index contributed by atoms with van der Waals surface area (Å²) in [6, 6.07) is 5.97. The van der Waals surface area contributed by atoms with Crippen LogP contribution >= 0.6 is 0 Å². The molecule has 1 saturated heterocycles. The lowest BCUT2D eigenvalue weighted by Crippen LogP contribution is -2.43. The number of hydrogen-bond donors (Lipinski definition) is 2. The molecule has 2 nitrogen and oxygen atoms in total. The fourth-order valence-electron chi connectivity index (χ4n) is 3.30. The van der Waals surface area contributed by atoms with Crippen molar-refractivity contribution in [3.8, 4) is 0 Å². The third kappa shape index (κ3) is 1.05. The normalized spacial score (nSPS) is 33.5. The topological polar surface area (TPSA) is 27.8 Å². The fraction of sp³-hybridized carbons (Fsp3) is 0.429. The number of aromatic nitrogens is 1. The van der Waals surface area contributed by atoms with Crippen molar-refractivity contribution in [3.05, 3.63) is 35.5 Å². The molecule has 1 aromatic carbocycles. The van der Waals surface area contributed by atoms with E-state index in [1.165, 1.54) is 28.5 Å². The summed E-state index contributed by atoms with van der Waals surface area (Å²) in [5.41, 5.74) is 3.90. The molecule has 2 heterocycles. The molecule has 0 saturated carbocycles. The molecule has 82 valence electrons. The van der Waals surface area contributed by atoms with Crippen molar-refractivity contribution >= 4 is 10.9 Å². The molecule has 1 aliphatic carbocycles. The van der Waals surface area contributed by atoms with Gasteiger partial charge >= 0.3 is 0 Å². The van der Waals surface area contributed by atoms with E-state index in [4.69, 9.17) is 1.37 Å². The minimum absolute atomic E-state index is 0.350. The van der Waals surface area contributed by atoms with Gasteiger partial charge in [0, 0.05) is 30.4 Å². The van der Waals surface area contributed by atoms with Crippen LogP contribution in [-0.2, 0) is 6.42 Å². The van der Waals surface area contributed by atoms with Gasteiger partial charge in [0.15, 0.2) is 0 Å². The number of fused-ring (bicyclic) bond motifs is 2. The number of rotatable bonds is 0. The average molecular weight is 213 g/mol. The van der Waals surface area contributed by atoms with E-state index in [9.17, 15) is 0 Å². The Morgan fingerprint density at radius 1 is 1.38 bits per heavy atom. The van der Waals surface area contributed by atoms with Gasteiger partial charge in [-0.25, -0.2) is 0 Å². The van der Waals surface area contributed by atoms with Gasteiger partial charge in [0.25, 0.3) is 0 Å². The molecular formula is C14H16N2. The highest BCUT2D eigenvalue weighted by molar-refractivity contribution is 5.88. The van der Waals surface area contributed by atoms with Gasteiger partial charge in [-0.2, -0.15) is 0 Å². The van der Waals surface area contributed by atoms with Crippen molar-refractivity contribution in [2.45, 2.75) is 31.2 Å². The largest absolute Gasteiger partial charge is 0.361 e. The standard InChI is InChI=1S/C14H16N2/c1-3-11-10-4-2-6-15-13(10)7-9-8-16-12(5-1)14(9)11/h1,3,5,8,10,13,15-16H,2,4,6-7H2/t10-,13-/m1/s1/i13D. The molecule has 2 aromatic rings. The highest BCUT2D eigenvalue weighted by Gasteiger charge is 2.32. The molecule has 4 rings (SSSR count). The summed E-state index contributed by atoms with van der Waals surface area (Å²) in [5, 5.41) is 4.80. The number of hydrogen-bond acceptors (Lipinski definition) is 1. The zero-order valence-electron chi connectivity index (χ0n) is 10.2. The van der Waals surface area contributed by atoms with Crippen LogP contribution in [-0.4, -0.2) is 17.5 Å². The monoisotopic (exact) mass is 213 g/mol. The highest BCUT2D eigenvalue weighted by Crippen LogP contribution is 2.40. The molecule has 2 heteroatoms. The van der Waals surface area contributed by atoms with E-state index in [2.05, 4.69) is 34.7 Å². The van der Waals surface area contributed by atoms with Crippen LogP contribution in [0.4, 0.5) is 0 Å². The van der Waals surface area contributed by atoms with Gasteiger partial charge in [-0.1, -0.05) is 12.1 Å². The smallest absolute Gasteiger partial charge is 0.0475 e. The summed E-state index contributed by atoms with van der Waals surface area (Å²) in [6.07, 6.45) is 5.23. The lowest BCUT2D eigenvalue weighted by atomic mass is 9.76. The molecule has 1 aliphatic heterocycles. The quantitative estimate of drug-likeness (QED) is 0.691. The first-order valence-electron chi connectivity index (χ1n) is 6.62. The predicted molar refractivity (Wildman–Crippen MR) is 65.8 cm³/mol. The summed E-state index contributed by atoms with van der Waals surface area (Å²) in [6.45, 7) is 0.982. The summed E-state index contributed by atoms with van der Waals surface area (Å²) in [4.78, 5) is 3.34. The SMILES string of the molecule is [2H][C@@]12Cc3c[nH]c4cccc(c34)[C@H]1CCCN2. The summed E-state index contributed by atoms with van der Waals surface area (Å²) in [5.74, 6) is 0.350. The number of benzene rings is 1.